The number of methoxy groups -OCH3 is 2. The molecule has 0 spiro atoms. The van der Waals surface area contributed by atoms with E-state index in [9.17, 15) is 28.8 Å². The lowest BCUT2D eigenvalue weighted by atomic mass is 9.76. The number of nitrogens with one attached hydrogen (secondary N) is 2. The van der Waals surface area contributed by atoms with Gasteiger partial charge in [0, 0.05) is 49.7 Å². The van der Waals surface area contributed by atoms with Crippen molar-refractivity contribution in [3.8, 4) is 11.5 Å². The van der Waals surface area contributed by atoms with E-state index in [2.05, 4.69) is 31.3 Å². The number of hydrogen-bond acceptors (Lipinski definition) is 18. The van der Waals surface area contributed by atoms with Gasteiger partial charge in [0.1, 0.15) is 35.8 Å². The first-order valence-electron chi connectivity index (χ1n) is 28.9. The molecule has 5 aromatic carbocycles. The molecule has 4 aliphatic rings. The summed E-state index contributed by atoms with van der Waals surface area (Å²) in [7, 11) is 3.06. The molecule has 24 heteroatoms. The molecule has 6 atom stereocenters. The van der Waals surface area contributed by atoms with Crippen molar-refractivity contribution in [3.05, 3.63) is 179 Å². The Labute approximate surface area is 507 Å². The topological polar surface area (TPSA) is 268 Å². The van der Waals surface area contributed by atoms with Crippen LogP contribution in [0.4, 0.5) is 11.4 Å². The smallest absolute Gasteiger partial charge is 0.307 e. The number of aryl methyl sites for hydroxylation is 2. The van der Waals surface area contributed by atoms with E-state index in [4.69, 9.17) is 37.9 Å². The van der Waals surface area contributed by atoms with E-state index in [0.29, 0.717) is 34.3 Å². The molecule has 4 aliphatic heterocycles. The lowest BCUT2D eigenvalue weighted by molar-refractivity contribution is -0.196. The van der Waals surface area contributed by atoms with Gasteiger partial charge in [0.15, 0.2) is 11.6 Å². The summed E-state index contributed by atoms with van der Waals surface area (Å²) >= 11 is 0. The number of hydrogen-bond donors (Lipinski definition) is 2. The Morgan fingerprint density at radius 2 is 0.909 bits per heavy atom. The molecule has 2 aromatic heterocycles. The van der Waals surface area contributed by atoms with Gasteiger partial charge in [0.25, 0.3) is 34.8 Å². The number of β-lactam (4-membered cyclic amide) rings is 2. The number of benzene rings is 5. The van der Waals surface area contributed by atoms with E-state index >= 15 is 0 Å². The lowest BCUT2D eigenvalue weighted by Crippen LogP contribution is -2.83. The third-order valence-corrected chi connectivity index (χ3v) is 15.9. The summed E-state index contributed by atoms with van der Waals surface area (Å²) in [5.41, 5.74) is 0.458. The second kappa shape index (κ2) is 25.2. The van der Waals surface area contributed by atoms with E-state index in [-0.39, 0.29) is 65.1 Å². The molecule has 11 rings (SSSR count). The molecule has 0 saturated carbocycles. The molecule has 88 heavy (non-hydrogen) atoms. The summed E-state index contributed by atoms with van der Waals surface area (Å²) in [6.07, 6.45) is 1.32. The van der Waals surface area contributed by atoms with E-state index in [0.717, 1.165) is 22.3 Å². The molecule has 2 N–H and O–H groups in total. The van der Waals surface area contributed by atoms with Crippen LogP contribution in [-0.2, 0) is 96.2 Å². The van der Waals surface area contributed by atoms with Gasteiger partial charge in [-0.2, -0.15) is 0 Å². The molecule has 0 bridgehead atoms. The largest absolute Gasteiger partial charge is 0.497 e. The van der Waals surface area contributed by atoms with Gasteiger partial charge in [-0.25, -0.2) is 9.36 Å². The molecule has 0 radical (unpaired) electrons. The summed E-state index contributed by atoms with van der Waals surface area (Å²) in [6, 6.07) is 37.2. The number of carbonyl (C=O) groups is 6. The van der Waals surface area contributed by atoms with Crippen LogP contribution in [0.25, 0.3) is 0 Å². The highest BCUT2D eigenvalue weighted by atomic mass is 16.8. The molecular weight excluding hydrogens is 1130 g/mol. The fraction of sp³-hybridized carbons (Fsp3) is 0.375. The Kier molecular flexibility index (Phi) is 17.2. The van der Waals surface area contributed by atoms with Crippen molar-refractivity contribution in [2.24, 2.45) is 0 Å². The number of nitrogens with zero attached hydrogens (tertiary/aromatic N) is 8. The maximum Gasteiger partial charge on any atom is 0.307 e. The number of amides is 4. The van der Waals surface area contributed by atoms with Crippen LogP contribution < -0.4 is 29.9 Å². The zero-order chi connectivity index (χ0) is 61.8. The first kappa shape index (κ1) is 60.3. The molecule has 0 unspecified atom stereocenters. The Morgan fingerprint density at radius 3 is 1.26 bits per heavy atom. The van der Waals surface area contributed by atoms with E-state index < -0.39 is 82.6 Å². The third kappa shape index (κ3) is 12.5. The minimum Gasteiger partial charge on any atom is -0.497 e. The summed E-state index contributed by atoms with van der Waals surface area (Å²) in [6.45, 7) is 7.63. The van der Waals surface area contributed by atoms with Crippen LogP contribution in [0.1, 0.15) is 74.2 Å². The molecule has 4 amide bonds. The van der Waals surface area contributed by atoms with Crippen molar-refractivity contribution in [2.75, 3.05) is 37.2 Å². The zero-order valence-corrected chi connectivity index (χ0v) is 49.5. The average Bonchev–Trinajstić information content (AvgIpc) is 0.886. The Hall–Kier alpha value is -9.36. The minimum absolute atomic E-state index is 0.0133. The van der Waals surface area contributed by atoms with Gasteiger partial charge >= 0.3 is 11.9 Å². The minimum atomic E-state index is -2.31. The van der Waals surface area contributed by atoms with Gasteiger partial charge in [-0.1, -0.05) is 95.4 Å². The first-order valence-corrected chi connectivity index (χ1v) is 28.9. The highest BCUT2D eigenvalue weighted by molar-refractivity contribution is 6.24. The van der Waals surface area contributed by atoms with Gasteiger partial charge in [-0.05, 0) is 98.5 Å². The van der Waals surface area contributed by atoms with E-state index in [1.54, 1.807) is 98.0 Å². The number of ether oxygens (including phenoxy) is 8. The zero-order valence-electron chi connectivity index (χ0n) is 49.5. The SMILES string of the molecule is COc1ccc(N2C(=O)[C@@](OC(=O)CCc3cn(Cc4ccccc4Cn4cc(CCC(=O)O[C@@]5(C(=O)NCc6ccccc6)C(=O)N(c6ccc(OC)cc6)[C@H]5[C@H]5COC(C)(C)O5)nn4)nn3)(C(=O)NCc3ccccc3)[C@@H]2[C@H]2COC(C)(C)O2)cc1. The van der Waals surface area contributed by atoms with Gasteiger partial charge < -0.3 is 48.5 Å². The Balaban J connectivity index is 0.743. The van der Waals surface area contributed by atoms with Crippen molar-refractivity contribution < 1.29 is 66.7 Å². The summed E-state index contributed by atoms with van der Waals surface area (Å²) in [4.78, 5) is 89.3. The van der Waals surface area contributed by atoms with Gasteiger partial charge in [-0.15, -0.1) is 10.2 Å². The Morgan fingerprint density at radius 1 is 0.534 bits per heavy atom. The van der Waals surface area contributed by atoms with Gasteiger partial charge in [-0.3, -0.25) is 38.6 Å². The molecule has 0 aliphatic carbocycles. The predicted molar refractivity (Wildman–Crippen MR) is 314 cm³/mol. The van der Waals surface area contributed by atoms with Crippen LogP contribution in [0.15, 0.2) is 146 Å². The Bertz CT molecular complexity index is 3440. The first-order chi connectivity index (χ1) is 42.4. The molecule has 6 heterocycles. The third-order valence-electron chi connectivity index (χ3n) is 15.9. The van der Waals surface area contributed by atoms with Crippen LogP contribution in [0.2, 0.25) is 0 Å². The number of esters is 2. The molecule has 4 fully saturated rings. The second-order valence-electron chi connectivity index (χ2n) is 22.7. The summed E-state index contributed by atoms with van der Waals surface area (Å²) in [5, 5.41) is 23.1. The van der Waals surface area contributed by atoms with E-state index in [1.165, 1.54) is 24.0 Å². The van der Waals surface area contributed by atoms with Crippen molar-refractivity contribution in [1.82, 2.24) is 40.6 Å². The second-order valence-corrected chi connectivity index (χ2v) is 22.7. The molecule has 4 saturated heterocycles. The standard InChI is InChI=1S/C64H68N10O14/c1-61(2)83-39-51(85-61)55-63(57(77)65-33-41-15-9-7-10-16-41,59(79)73(55)47-23-27-49(81-5)28-24-47)87-53(75)31-21-45-37-71(69-67-45)35-43-19-13-14-20-44(43)36-72-38-46(68-70-72)22-32-54(76)88-64(58(78)66-34-42-17-11-8-12-18-42)56(52-40-84-62(3,4)86-52)74(60(64)80)48-25-29-50(82-6)30-26-48/h7-20,23-30,37-38,51-52,55-56H,21-22,31-36,39-40H2,1-6H3,(H,65,77)(H,66,78)/t51-,52-,55+,56+,63+,64+/m1/s1. The fourth-order valence-electron chi connectivity index (χ4n) is 11.5. The fourth-order valence-corrected chi connectivity index (χ4v) is 11.5. The predicted octanol–water partition coefficient (Wildman–Crippen LogP) is 5.18. The maximum atomic E-state index is 14.6. The maximum absolute atomic E-state index is 14.6. The number of carbonyl (C=O) groups excluding carboxylic acids is 6. The summed E-state index contributed by atoms with van der Waals surface area (Å²) in [5.74, 6) is -5.72. The number of aromatic nitrogens is 6. The van der Waals surface area contributed by atoms with Crippen LogP contribution in [-0.4, -0.2) is 140 Å². The van der Waals surface area contributed by atoms with Crippen molar-refractivity contribution >= 4 is 46.9 Å². The highest BCUT2D eigenvalue weighted by Gasteiger charge is 2.74. The molecule has 24 nitrogen and oxygen atoms in total. The summed E-state index contributed by atoms with van der Waals surface area (Å²) < 4.78 is 50.6. The van der Waals surface area contributed by atoms with Crippen LogP contribution in [0, 0.1) is 0 Å². The normalized spacial score (nSPS) is 22.5. The van der Waals surface area contributed by atoms with Crippen LogP contribution in [0.5, 0.6) is 11.5 Å². The van der Waals surface area contributed by atoms with Gasteiger partial charge in [0.2, 0.25) is 0 Å². The quantitative estimate of drug-likeness (QED) is 0.0448. The molecule has 458 valence electrons. The monoisotopic (exact) mass is 1200 g/mol. The van der Waals surface area contributed by atoms with Gasteiger partial charge in [0.05, 0.1) is 64.8 Å². The van der Waals surface area contributed by atoms with E-state index in [1.807, 2.05) is 84.9 Å². The highest BCUT2D eigenvalue weighted by Crippen LogP contribution is 2.47. The van der Waals surface area contributed by atoms with Crippen molar-refractivity contribution in [2.45, 2.75) is 127 Å². The van der Waals surface area contributed by atoms with Crippen LogP contribution >= 0.6 is 0 Å². The van der Waals surface area contributed by atoms with Crippen molar-refractivity contribution in [3.63, 3.8) is 0 Å². The average molecular weight is 1200 g/mol. The number of rotatable bonds is 24. The van der Waals surface area contributed by atoms with Crippen molar-refractivity contribution in [1.29, 1.82) is 0 Å². The number of anilines is 2. The van der Waals surface area contributed by atoms with Crippen LogP contribution in [0.3, 0.4) is 0 Å². The lowest BCUT2D eigenvalue weighted by Gasteiger charge is -2.54. The molecular formula is C64H68N10O14. The molecule has 7 aromatic rings.